The molecule has 0 aliphatic rings. The molecule has 100 valence electrons. The Morgan fingerprint density at radius 3 is 2.89 bits per heavy atom. The highest BCUT2D eigenvalue weighted by atomic mass is 16.5. The first-order valence-electron chi connectivity index (χ1n) is 5.86. The third-order valence-electron chi connectivity index (χ3n) is 2.45. The molecule has 18 heavy (non-hydrogen) atoms. The molecule has 0 heterocycles. The van der Waals surface area contributed by atoms with E-state index in [0.29, 0.717) is 0 Å². The Kier molecular flexibility index (Phi) is 5.61. The number of ether oxygens (including phenoxy) is 1. The number of aliphatic hydroxyl groups is 1. The van der Waals surface area contributed by atoms with Gasteiger partial charge >= 0.3 is 0 Å². The molecular weight excluding hydrogens is 232 g/mol. The second-order valence-corrected chi connectivity index (χ2v) is 4.33. The Labute approximate surface area is 107 Å². The summed E-state index contributed by atoms with van der Waals surface area (Å²) in [5, 5.41) is 12.4. The molecule has 0 spiro atoms. The van der Waals surface area contributed by atoms with Gasteiger partial charge in [0.2, 0.25) is 5.91 Å². The molecule has 5 nitrogen and oxygen atoms in total. The van der Waals surface area contributed by atoms with Crippen molar-refractivity contribution in [3.63, 3.8) is 0 Å². The van der Waals surface area contributed by atoms with Gasteiger partial charge in [0.05, 0.1) is 6.54 Å². The number of nitrogens with one attached hydrogen (secondary N) is 1. The van der Waals surface area contributed by atoms with E-state index in [1.54, 1.807) is 0 Å². The van der Waals surface area contributed by atoms with Crippen molar-refractivity contribution >= 4 is 5.91 Å². The minimum Gasteiger partial charge on any atom is -0.491 e. The van der Waals surface area contributed by atoms with Gasteiger partial charge in [0.25, 0.3) is 0 Å². The number of rotatable bonds is 7. The number of amides is 1. The number of benzene rings is 1. The van der Waals surface area contributed by atoms with Gasteiger partial charge in [-0.3, -0.25) is 4.79 Å². The van der Waals surface area contributed by atoms with Crippen molar-refractivity contribution in [3.8, 4) is 5.75 Å². The summed E-state index contributed by atoms with van der Waals surface area (Å²) in [6.07, 6.45) is -0.677. The van der Waals surface area contributed by atoms with Crippen LogP contribution in [0, 0.1) is 13.8 Å². The molecule has 0 saturated carbocycles. The van der Waals surface area contributed by atoms with Gasteiger partial charge in [-0.2, -0.15) is 0 Å². The van der Waals surface area contributed by atoms with Crippen molar-refractivity contribution < 1.29 is 14.6 Å². The molecule has 0 fully saturated rings. The monoisotopic (exact) mass is 252 g/mol. The third-order valence-corrected chi connectivity index (χ3v) is 2.45. The summed E-state index contributed by atoms with van der Waals surface area (Å²) < 4.78 is 5.53. The fourth-order valence-corrected chi connectivity index (χ4v) is 1.47. The third kappa shape index (κ3) is 5.16. The molecule has 5 heteroatoms. The maximum atomic E-state index is 10.5. The first-order chi connectivity index (χ1) is 8.49. The Bertz CT molecular complexity index is 407. The lowest BCUT2D eigenvalue weighted by Crippen LogP contribution is -2.36. The molecule has 1 amide bonds. The SMILES string of the molecule is Cc1ccc(C)c(OCC(O)CNCC(N)=O)c1. The number of primary amides is 1. The lowest BCUT2D eigenvalue weighted by molar-refractivity contribution is -0.117. The Hall–Kier alpha value is -1.59. The van der Waals surface area contributed by atoms with Gasteiger partial charge in [-0.1, -0.05) is 12.1 Å². The van der Waals surface area contributed by atoms with Gasteiger partial charge in [-0.25, -0.2) is 0 Å². The number of carbonyl (C=O) groups is 1. The molecule has 1 aromatic rings. The molecule has 1 atom stereocenters. The summed E-state index contributed by atoms with van der Waals surface area (Å²) in [6.45, 7) is 4.44. The van der Waals surface area contributed by atoms with E-state index < -0.39 is 12.0 Å². The molecule has 0 saturated heterocycles. The van der Waals surface area contributed by atoms with Crippen LogP contribution < -0.4 is 15.8 Å². The van der Waals surface area contributed by atoms with E-state index in [-0.39, 0.29) is 19.7 Å². The second-order valence-electron chi connectivity index (χ2n) is 4.33. The second kappa shape index (κ2) is 6.98. The fourth-order valence-electron chi connectivity index (χ4n) is 1.47. The van der Waals surface area contributed by atoms with E-state index in [1.165, 1.54) is 0 Å². The molecule has 0 aliphatic carbocycles. The van der Waals surface area contributed by atoms with E-state index in [4.69, 9.17) is 10.5 Å². The first kappa shape index (κ1) is 14.5. The van der Waals surface area contributed by atoms with Gasteiger partial charge in [-0.15, -0.1) is 0 Å². The van der Waals surface area contributed by atoms with E-state index in [9.17, 15) is 9.90 Å². The van der Waals surface area contributed by atoms with E-state index >= 15 is 0 Å². The molecule has 0 radical (unpaired) electrons. The molecular formula is C13H20N2O3. The van der Waals surface area contributed by atoms with Crippen molar-refractivity contribution in [2.45, 2.75) is 20.0 Å². The Morgan fingerprint density at radius 2 is 2.22 bits per heavy atom. The number of hydrogen-bond donors (Lipinski definition) is 3. The largest absolute Gasteiger partial charge is 0.491 e. The van der Waals surface area contributed by atoms with Crippen molar-refractivity contribution in [2.75, 3.05) is 19.7 Å². The molecule has 1 unspecified atom stereocenters. The summed E-state index contributed by atoms with van der Waals surface area (Å²) >= 11 is 0. The predicted molar refractivity (Wildman–Crippen MR) is 69.5 cm³/mol. The smallest absolute Gasteiger partial charge is 0.231 e. The zero-order valence-corrected chi connectivity index (χ0v) is 10.8. The summed E-state index contributed by atoms with van der Waals surface area (Å²) in [5.74, 6) is 0.321. The van der Waals surface area contributed by atoms with Gasteiger partial charge in [-0.05, 0) is 31.0 Å². The summed E-state index contributed by atoms with van der Waals surface area (Å²) in [4.78, 5) is 10.5. The Balaban J connectivity index is 2.35. The zero-order chi connectivity index (χ0) is 13.5. The highest BCUT2D eigenvalue weighted by Crippen LogP contribution is 2.19. The van der Waals surface area contributed by atoms with E-state index in [0.717, 1.165) is 16.9 Å². The molecule has 0 bridgehead atoms. The Morgan fingerprint density at radius 1 is 1.50 bits per heavy atom. The standard InChI is InChI=1S/C13H20N2O3/c1-9-3-4-10(2)12(5-9)18-8-11(16)6-15-7-13(14)17/h3-5,11,15-16H,6-8H2,1-2H3,(H2,14,17). The van der Waals surface area contributed by atoms with Crippen LogP contribution in [0.15, 0.2) is 18.2 Å². The maximum absolute atomic E-state index is 10.5. The number of hydrogen-bond acceptors (Lipinski definition) is 4. The van der Waals surface area contributed by atoms with Crippen LogP contribution in [-0.2, 0) is 4.79 Å². The van der Waals surface area contributed by atoms with Crippen LogP contribution in [0.4, 0.5) is 0 Å². The number of nitrogens with two attached hydrogens (primary N) is 1. The van der Waals surface area contributed by atoms with Gasteiger partial charge < -0.3 is 20.9 Å². The highest BCUT2D eigenvalue weighted by Gasteiger charge is 2.07. The van der Waals surface area contributed by atoms with Crippen LogP contribution in [0.5, 0.6) is 5.75 Å². The van der Waals surface area contributed by atoms with Gasteiger partial charge in [0.15, 0.2) is 0 Å². The van der Waals surface area contributed by atoms with Crippen molar-refractivity contribution in [1.29, 1.82) is 0 Å². The predicted octanol–water partition coefficient (Wildman–Crippen LogP) is 0.118. The molecule has 4 N–H and O–H groups in total. The average Bonchev–Trinajstić information content (AvgIpc) is 2.30. The van der Waals surface area contributed by atoms with Crippen LogP contribution in [0.3, 0.4) is 0 Å². The minimum atomic E-state index is -0.677. The number of aryl methyl sites for hydroxylation is 2. The van der Waals surface area contributed by atoms with Crippen LogP contribution in [0.2, 0.25) is 0 Å². The van der Waals surface area contributed by atoms with Gasteiger partial charge in [0.1, 0.15) is 18.5 Å². The summed E-state index contributed by atoms with van der Waals surface area (Å²) in [7, 11) is 0. The molecule has 1 aromatic carbocycles. The number of aliphatic hydroxyl groups excluding tert-OH is 1. The van der Waals surface area contributed by atoms with Crippen LogP contribution in [0.1, 0.15) is 11.1 Å². The topological polar surface area (TPSA) is 84.6 Å². The lowest BCUT2D eigenvalue weighted by atomic mass is 10.1. The summed E-state index contributed by atoms with van der Waals surface area (Å²) in [6, 6.07) is 5.91. The van der Waals surface area contributed by atoms with Crippen molar-refractivity contribution in [1.82, 2.24) is 5.32 Å². The zero-order valence-electron chi connectivity index (χ0n) is 10.8. The quantitative estimate of drug-likeness (QED) is 0.643. The fraction of sp³-hybridized carbons (Fsp3) is 0.462. The van der Waals surface area contributed by atoms with Crippen molar-refractivity contribution in [2.24, 2.45) is 5.73 Å². The van der Waals surface area contributed by atoms with E-state index in [2.05, 4.69) is 5.32 Å². The minimum absolute atomic E-state index is 0.0561. The van der Waals surface area contributed by atoms with Gasteiger partial charge in [0, 0.05) is 6.54 Å². The maximum Gasteiger partial charge on any atom is 0.231 e. The lowest BCUT2D eigenvalue weighted by Gasteiger charge is -2.14. The average molecular weight is 252 g/mol. The summed E-state index contributed by atoms with van der Waals surface area (Å²) in [5.41, 5.74) is 7.10. The normalized spacial score (nSPS) is 12.2. The van der Waals surface area contributed by atoms with Crippen molar-refractivity contribution in [3.05, 3.63) is 29.3 Å². The first-order valence-corrected chi connectivity index (χ1v) is 5.86. The molecule has 1 rings (SSSR count). The van der Waals surface area contributed by atoms with Crippen LogP contribution in [-0.4, -0.2) is 36.8 Å². The van der Waals surface area contributed by atoms with E-state index in [1.807, 2.05) is 32.0 Å². The number of carbonyl (C=O) groups excluding carboxylic acids is 1. The molecule has 0 aliphatic heterocycles. The molecule has 0 aromatic heterocycles. The highest BCUT2D eigenvalue weighted by molar-refractivity contribution is 5.75. The van der Waals surface area contributed by atoms with Crippen LogP contribution >= 0.6 is 0 Å². The van der Waals surface area contributed by atoms with Crippen LogP contribution in [0.25, 0.3) is 0 Å².